The number of phenolic OH excluding ortho intramolecular Hbond substituents is 2. The van der Waals surface area contributed by atoms with Crippen LogP contribution in [0.5, 0.6) is 17.2 Å². The van der Waals surface area contributed by atoms with Crippen molar-refractivity contribution >= 4 is 46.3 Å². The van der Waals surface area contributed by atoms with Crippen molar-refractivity contribution in [1.29, 1.82) is 0 Å². The molecule has 1 saturated heterocycles. The minimum atomic E-state index is -0.702. The second-order valence-corrected chi connectivity index (χ2v) is 9.14. The molecule has 1 atom stereocenters. The smallest absolute Gasteiger partial charge is 0.247 e. The van der Waals surface area contributed by atoms with Gasteiger partial charge in [-0.25, -0.2) is 0 Å². The lowest BCUT2D eigenvalue weighted by molar-refractivity contribution is -0.121. The first-order chi connectivity index (χ1) is 17.3. The molecule has 2 amide bonds. The van der Waals surface area contributed by atoms with E-state index in [4.69, 9.17) is 4.74 Å². The molecule has 0 bridgehead atoms. The predicted octanol–water partition coefficient (Wildman–Crippen LogP) is 4.28. The van der Waals surface area contributed by atoms with Gasteiger partial charge in [-0.15, -0.1) is 5.10 Å². The monoisotopic (exact) mass is 504 g/mol. The van der Waals surface area contributed by atoms with Crippen molar-refractivity contribution < 1.29 is 24.5 Å². The first-order valence-corrected chi connectivity index (χ1v) is 11.9. The molecule has 0 saturated carbocycles. The Morgan fingerprint density at radius 1 is 1.11 bits per heavy atom. The number of amidine groups is 1. The highest BCUT2D eigenvalue weighted by molar-refractivity contribution is 8.16. The van der Waals surface area contributed by atoms with Gasteiger partial charge in [-0.05, 0) is 67.1 Å². The van der Waals surface area contributed by atoms with Crippen molar-refractivity contribution in [2.75, 3.05) is 17.3 Å². The largest absolute Gasteiger partial charge is 0.508 e. The number of anilines is 2. The summed E-state index contributed by atoms with van der Waals surface area (Å²) in [6.45, 7) is 1.96. The Hall–Kier alpha value is -4.31. The lowest BCUT2D eigenvalue weighted by atomic mass is 10.2. The van der Waals surface area contributed by atoms with Gasteiger partial charge in [0.15, 0.2) is 16.7 Å². The summed E-state index contributed by atoms with van der Waals surface area (Å²) >= 11 is 1.14. The molecule has 0 aromatic heterocycles. The Morgan fingerprint density at radius 3 is 2.53 bits per heavy atom. The molecule has 36 heavy (non-hydrogen) atoms. The van der Waals surface area contributed by atoms with Gasteiger partial charge in [-0.3, -0.25) is 14.5 Å². The second-order valence-electron chi connectivity index (χ2n) is 7.97. The van der Waals surface area contributed by atoms with Crippen LogP contribution in [-0.4, -0.2) is 45.8 Å². The number of benzene rings is 3. The number of phenols is 2. The molecule has 1 aliphatic rings. The number of amides is 2. The first-order valence-electron chi connectivity index (χ1n) is 11.0. The Balaban J connectivity index is 1.55. The third-order valence-corrected chi connectivity index (χ3v) is 6.43. The zero-order valence-electron chi connectivity index (χ0n) is 19.6. The van der Waals surface area contributed by atoms with Crippen molar-refractivity contribution in [3.8, 4) is 17.2 Å². The van der Waals surface area contributed by atoms with E-state index in [1.54, 1.807) is 36.4 Å². The lowest BCUT2D eigenvalue weighted by Gasteiger charge is -2.16. The highest BCUT2D eigenvalue weighted by Crippen LogP contribution is 2.34. The van der Waals surface area contributed by atoms with E-state index in [9.17, 15) is 19.8 Å². The van der Waals surface area contributed by atoms with Crippen LogP contribution in [0.2, 0.25) is 0 Å². The van der Waals surface area contributed by atoms with Gasteiger partial charge in [0.05, 0.1) is 19.0 Å². The van der Waals surface area contributed by atoms with E-state index < -0.39 is 5.25 Å². The van der Waals surface area contributed by atoms with Gasteiger partial charge in [-0.2, -0.15) is 5.10 Å². The Labute approximate surface area is 212 Å². The molecule has 0 radical (unpaired) electrons. The molecule has 0 spiro atoms. The van der Waals surface area contributed by atoms with Crippen LogP contribution >= 0.6 is 11.8 Å². The van der Waals surface area contributed by atoms with Crippen LogP contribution in [0, 0.1) is 6.92 Å². The lowest BCUT2D eigenvalue weighted by Crippen LogP contribution is -2.33. The second kappa shape index (κ2) is 11.0. The number of aryl methyl sites for hydroxylation is 1. The molecular weight excluding hydrogens is 480 g/mol. The van der Waals surface area contributed by atoms with E-state index in [0.717, 1.165) is 17.3 Å². The summed E-state index contributed by atoms with van der Waals surface area (Å²) in [6, 6.07) is 18.2. The number of nitrogens with one attached hydrogen (secondary N) is 1. The summed E-state index contributed by atoms with van der Waals surface area (Å²) in [5.41, 5.74) is 2.85. The Morgan fingerprint density at radius 2 is 1.83 bits per heavy atom. The minimum absolute atomic E-state index is 0.00294. The van der Waals surface area contributed by atoms with E-state index >= 15 is 0 Å². The van der Waals surface area contributed by atoms with E-state index in [0.29, 0.717) is 27.9 Å². The molecule has 1 aliphatic heterocycles. The third kappa shape index (κ3) is 5.84. The third-order valence-electron chi connectivity index (χ3n) is 5.30. The molecule has 1 fully saturated rings. The van der Waals surface area contributed by atoms with Gasteiger partial charge in [0.25, 0.3) is 0 Å². The Kier molecular flexibility index (Phi) is 7.55. The number of carbonyl (C=O) groups is 2. The van der Waals surface area contributed by atoms with Gasteiger partial charge in [0.2, 0.25) is 11.8 Å². The fourth-order valence-electron chi connectivity index (χ4n) is 3.44. The molecule has 10 heteroatoms. The molecule has 0 aliphatic carbocycles. The van der Waals surface area contributed by atoms with Crippen molar-refractivity contribution in [2.24, 2.45) is 10.2 Å². The standard InChI is InChI=1S/C26H24N4O5S/c1-16-3-6-18(7-4-16)28-24(33)14-23-25(34)30(19-8-10-20(31)11-9-19)26(36-23)29-27-15-17-5-12-21(32)22(13-17)35-2/h3-13,15,23,31-32H,14H2,1-2H3,(H,28,33). The quantitative estimate of drug-likeness (QED) is 0.326. The number of hydrogen-bond acceptors (Lipinski definition) is 8. The maximum absolute atomic E-state index is 13.3. The van der Waals surface area contributed by atoms with Crippen LogP contribution in [0.15, 0.2) is 76.9 Å². The van der Waals surface area contributed by atoms with E-state index in [1.165, 1.54) is 36.4 Å². The average molecular weight is 505 g/mol. The number of rotatable bonds is 7. The predicted molar refractivity (Wildman–Crippen MR) is 141 cm³/mol. The van der Waals surface area contributed by atoms with Crippen LogP contribution in [0.1, 0.15) is 17.5 Å². The van der Waals surface area contributed by atoms with Gasteiger partial charge in [-0.1, -0.05) is 29.5 Å². The van der Waals surface area contributed by atoms with Crippen LogP contribution in [0.4, 0.5) is 11.4 Å². The fourth-order valence-corrected chi connectivity index (χ4v) is 4.53. The average Bonchev–Trinajstić information content (AvgIpc) is 3.16. The summed E-state index contributed by atoms with van der Waals surface area (Å²) < 4.78 is 5.10. The highest BCUT2D eigenvalue weighted by Gasteiger charge is 2.40. The summed E-state index contributed by atoms with van der Waals surface area (Å²) in [6.07, 6.45) is 1.41. The van der Waals surface area contributed by atoms with Crippen LogP contribution in [0.25, 0.3) is 0 Å². The summed E-state index contributed by atoms with van der Waals surface area (Å²) in [7, 11) is 1.45. The van der Waals surface area contributed by atoms with Crippen molar-refractivity contribution in [2.45, 2.75) is 18.6 Å². The van der Waals surface area contributed by atoms with Gasteiger partial charge >= 0.3 is 0 Å². The fraction of sp³-hybridized carbons (Fsp3) is 0.154. The molecule has 184 valence electrons. The van der Waals surface area contributed by atoms with E-state index in [2.05, 4.69) is 15.5 Å². The van der Waals surface area contributed by atoms with Crippen molar-refractivity contribution in [3.63, 3.8) is 0 Å². The zero-order chi connectivity index (χ0) is 25.7. The van der Waals surface area contributed by atoms with E-state index in [1.807, 2.05) is 19.1 Å². The number of ether oxygens (including phenoxy) is 1. The van der Waals surface area contributed by atoms with Crippen LogP contribution in [0.3, 0.4) is 0 Å². The molecule has 1 heterocycles. The Bertz CT molecular complexity index is 1320. The van der Waals surface area contributed by atoms with Crippen molar-refractivity contribution in [3.05, 3.63) is 77.9 Å². The van der Waals surface area contributed by atoms with Gasteiger partial charge in [0, 0.05) is 12.1 Å². The summed E-state index contributed by atoms with van der Waals surface area (Å²) in [5.74, 6) is -0.253. The normalized spacial score (nSPS) is 16.6. The summed E-state index contributed by atoms with van der Waals surface area (Å²) in [4.78, 5) is 27.3. The van der Waals surface area contributed by atoms with Crippen LogP contribution < -0.4 is 15.0 Å². The number of thioether (sulfide) groups is 1. The topological polar surface area (TPSA) is 124 Å². The molecule has 3 aromatic carbocycles. The SMILES string of the molecule is COc1cc(C=NN=C2SC(CC(=O)Nc3ccc(C)cc3)C(=O)N2c2ccc(O)cc2)ccc1O. The van der Waals surface area contributed by atoms with E-state index in [-0.39, 0.29) is 29.7 Å². The minimum Gasteiger partial charge on any atom is -0.508 e. The first kappa shape index (κ1) is 24.8. The number of hydrogen-bond donors (Lipinski definition) is 3. The van der Waals surface area contributed by atoms with Gasteiger partial charge in [0.1, 0.15) is 11.0 Å². The van der Waals surface area contributed by atoms with Crippen LogP contribution in [-0.2, 0) is 9.59 Å². The van der Waals surface area contributed by atoms with Crippen molar-refractivity contribution in [1.82, 2.24) is 0 Å². The maximum atomic E-state index is 13.3. The number of nitrogens with zero attached hydrogens (tertiary/aromatic N) is 3. The molecule has 3 aromatic rings. The molecule has 1 unspecified atom stereocenters. The summed E-state index contributed by atoms with van der Waals surface area (Å²) in [5, 5.41) is 30.1. The molecule has 4 rings (SSSR count). The maximum Gasteiger partial charge on any atom is 0.247 e. The molecule has 3 N–H and O–H groups in total. The highest BCUT2D eigenvalue weighted by atomic mass is 32.2. The zero-order valence-corrected chi connectivity index (χ0v) is 20.4. The van der Waals surface area contributed by atoms with Gasteiger partial charge < -0.3 is 20.3 Å². The number of aromatic hydroxyl groups is 2. The molecular formula is C26H24N4O5S. The number of methoxy groups -OCH3 is 1. The molecule has 9 nitrogen and oxygen atoms in total. The number of carbonyl (C=O) groups excluding carboxylic acids is 2.